The summed E-state index contributed by atoms with van der Waals surface area (Å²) in [4.78, 5) is 18.9. The molecule has 0 unspecified atom stereocenters. The van der Waals surface area contributed by atoms with Gasteiger partial charge in [0.1, 0.15) is 17.3 Å². The van der Waals surface area contributed by atoms with E-state index in [0.29, 0.717) is 5.82 Å². The summed E-state index contributed by atoms with van der Waals surface area (Å²) in [5.74, 6) is 0.611. The first-order valence-electron chi connectivity index (χ1n) is 5.80. The van der Waals surface area contributed by atoms with E-state index in [-0.39, 0.29) is 12.1 Å². The minimum absolute atomic E-state index is 0.0652. The van der Waals surface area contributed by atoms with Crippen LogP contribution in [0.2, 0.25) is 0 Å². The number of alkyl halides is 1. The number of aryl methyl sites for hydroxylation is 3. The van der Waals surface area contributed by atoms with E-state index in [9.17, 15) is 9.18 Å². The number of hydrogen-bond acceptors (Lipinski definition) is 3. The Hall–Kier alpha value is -1.23. The first-order valence-corrected chi connectivity index (χ1v) is 6.61. The fourth-order valence-corrected chi connectivity index (χ4v) is 3.82. The monoisotopic (exact) mass is 252 g/mol. The van der Waals surface area contributed by atoms with Gasteiger partial charge in [0, 0.05) is 4.88 Å². The third-order valence-corrected chi connectivity index (χ3v) is 4.51. The number of rotatable bonds is 2. The summed E-state index contributed by atoms with van der Waals surface area (Å²) >= 11 is 1.62. The molecule has 3 nitrogen and oxygen atoms in total. The molecule has 1 aliphatic carbocycles. The molecule has 1 aliphatic rings. The molecule has 2 aromatic heterocycles. The summed E-state index contributed by atoms with van der Waals surface area (Å²) in [6, 6.07) is 0. The van der Waals surface area contributed by atoms with Gasteiger partial charge in [0.2, 0.25) is 0 Å². The maximum Gasteiger partial charge on any atom is 0.262 e. The molecule has 2 heterocycles. The molecule has 5 heteroatoms. The van der Waals surface area contributed by atoms with E-state index < -0.39 is 6.67 Å². The molecule has 0 fully saturated rings. The summed E-state index contributed by atoms with van der Waals surface area (Å²) in [5, 5.41) is 0.738. The Kier molecular flexibility index (Phi) is 2.50. The normalized spacial score (nSPS) is 14.5. The highest BCUT2D eigenvalue weighted by Gasteiger charge is 2.22. The minimum Gasteiger partial charge on any atom is -0.294 e. The van der Waals surface area contributed by atoms with E-state index in [0.717, 1.165) is 35.0 Å². The Morgan fingerprint density at radius 2 is 2.29 bits per heavy atom. The zero-order valence-electron chi connectivity index (χ0n) is 9.62. The lowest BCUT2D eigenvalue weighted by atomic mass is 10.2. The van der Waals surface area contributed by atoms with E-state index in [2.05, 4.69) is 4.98 Å². The highest BCUT2D eigenvalue weighted by molar-refractivity contribution is 7.18. The molecule has 0 amide bonds. The fraction of sp³-hybridized carbons (Fsp3) is 0.500. The van der Waals surface area contributed by atoms with Gasteiger partial charge in [-0.05, 0) is 31.7 Å². The quantitative estimate of drug-likeness (QED) is 0.821. The number of fused-ring (bicyclic) bond motifs is 3. The molecule has 0 aromatic carbocycles. The summed E-state index contributed by atoms with van der Waals surface area (Å²) in [7, 11) is 0. The van der Waals surface area contributed by atoms with Crippen molar-refractivity contribution in [2.24, 2.45) is 0 Å². The van der Waals surface area contributed by atoms with E-state index in [4.69, 9.17) is 0 Å². The maximum atomic E-state index is 12.5. The molecule has 0 aliphatic heterocycles. The van der Waals surface area contributed by atoms with Gasteiger partial charge >= 0.3 is 0 Å². The molecule has 0 radical (unpaired) electrons. The van der Waals surface area contributed by atoms with Gasteiger partial charge in [-0.25, -0.2) is 9.37 Å². The number of aromatic nitrogens is 2. The van der Waals surface area contributed by atoms with Gasteiger partial charge in [-0.2, -0.15) is 0 Å². The van der Waals surface area contributed by atoms with Crippen LogP contribution in [0.25, 0.3) is 10.2 Å². The van der Waals surface area contributed by atoms with Crippen LogP contribution in [-0.2, 0) is 19.4 Å². The minimum atomic E-state index is -0.528. The number of nitrogens with zero attached hydrogens (tertiary/aromatic N) is 2. The Morgan fingerprint density at radius 1 is 1.47 bits per heavy atom. The van der Waals surface area contributed by atoms with Crippen molar-refractivity contribution in [1.29, 1.82) is 0 Å². The van der Waals surface area contributed by atoms with Gasteiger partial charge in [0.05, 0.1) is 11.9 Å². The van der Waals surface area contributed by atoms with Crippen molar-refractivity contribution in [2.45, 2.75) is 32.7 Å². The molecule has 0 saturated carbocycles. The Bertz CT molecular complexity index is 644. The van der Waals surface area contributed by atoms with Crippen molar-refractivity contribution < 1.29 is 4.39 Å². The van der Waals surface area contributed by atoms with Gasteiger partial charge in [-0.3, -0.25) is 9.36 Å². The number of thiophene rings is 1. The summed E-state index contributed by atoms with van der Waals surface area (Å²) in [6.45, 7) is 1.35. The van der Waals surface area contributed by atoms with Crippen LogP contribution in [-0.4, -0.2) is 16.2 Å². The molecule has 90 valence electrons. The van der Waals surface area contributed by atoms with Gasteiger partial charge < -0.3 is 0 Å². The predicted octanol–water partition coefficient (Wildman–Crippen LogP) is 2.22. The van der Waals surface area contributed by atoms with Gasteiger partial charge in [-0.15, -0.1) is 11.3 Å². The van der Waals surface area contributed by atoms with Crippen molar-refractivity contribution in [1.82, 2.24) is 9.55 Å². The lowest BCUT2D eigenvalue weighted by molar-refractivity contribution is 0.435. The molecular weight excluding hydrogens is 239 g/mol. The molecule has 0 bridgehead atoms. The Morgan fingerprint density at radius 3 is 3.06 bits per heavy atom. The summed E-state index contributed by atoms with van der Waals surface area (Å²) < 4.78 is 13.9. The van der Waals surface area contributed by atoms with Crippen molar-refractivity contribution in [3.05, 3.63) is 26.6 Å². The third kappa shape index (κ3) is 1.52. The van der Waals surface area contributed by atoms with Crippen molar-refractivity contribution in [3.8, 4) is 0 Å². The topological polar surface area (TPSA) is 34.9 Å². The average Bonchev–Trinajstić information content (AvgIpc) is 2.83. The smallest absolute Gasteiger partial charge is 0.262 e. The third-order valence-electron chi connectivity index (χ3n) is 3.32. The van der Waals surface area contributed by atoms with E-state index in [1.165, 1.54) is 9.44 Å². The molecule has 0 saturated heterocycles. The molecular formula is C12H13FN2OS. The van der Waals surface area contributed by atoms with Crippen molar-refractivity contribution in [2.75, 3.05) is 6.67 Å². The Balaban J connectivity index is 2.35. The first kappa shape index (κ1) is 10.9. The van der Waals surface area contributed by atoms with E-state index >= 15 is 0 Å². The van der Waals surface area contributed by atoms with Crippen molar-refractivity contribution >= 4 is 21.6 Å². The molecule has 0 N–H and O–H groups in total. The van der Waals surface area contributed by atoms with Crippen LogP contribution < -0.4 is 5.56 Å². The first-order chi connectivity index (χ1) is 8.22. The zero-order valence-corrected chi connectivity index (χ0v) is 10.4. The van der Waals surface area contributed by atoms with Gasteiger partial charge in [-0.1, -0.05) is 0 Å². The van der Waals surface area contributed by atoms with Crippen LogP contribution in [0.4, 0.5) is 4.39 Å². The SMILES string of the molecule is Cc1nc2sc3c(c2c(=O)n1CCF)CCC3. The number of halogens is 1. The maximum absolute atomic E-state index is 12.5. The molecule has 0 spiro atoms. The zero-order chi connectivity index (χ0) is 12.0. The second-order valence-corrected chi connectivity index (χ2v) is 5.43. The highest BCUT2D eigenvalue weighted by Crippen LogP contribution is 2.34. The molecule has 0 atom stereocenters. The summed E-state index contributed by atoms with van der Waals surface area (Å²) in [6.07, 6.45) is 3.14. The molecule has 2 aromatic rings. The lowest BCUT2D eigenvalue weighted by Gasteiger charge is -2.07. The number of hydrogen-bond donors (Lipinski definition) is 0. The second-order valence-electron chi connectivity index (χ2n) is 4.34. The Labute approximate surface area is 102 Å². The van der Waals surface area contributed by atoms with E-state index in [1.54, 1.807) is 18.3 Å². The van der Waals surface area contributed by atoms with Crippen LogP contribution in [0.5, 0.6) is 0 Å². The summed E-state index contributed by atoms with van der Waals surface area (Å²) in [5.41, 5.74) is 1.10. The van der Waals surface area contributed by atoms with E-state index in [1.807, 2.05) is 0 Å². The predicted molar refractivity (Wildman–Crippen MR) is 66.6 cm³/mol. The van der Waals surface area contributed by atoms with Gasteiger partial charge in [0.15, 0.2) is 0 Å². The van der Waals surface area contributed by atoms with Crippen LogP contribution in [0.1, 0.15) is 22.7 Å². The fourth-order valence-electron chi connectivity index (χ4n) is 2.53. The molecule has 17 heavy (non-hydrogen) atoms. The van der Waals surface area contributed by atoms with Gasteiger partial charge in [0.25, 0.3) is 5.56 Å². The van der Waals surface area contributed by atoms with Crippen LogP contribution >= 0.6 is 11.3 Å². The average molecular weight is 252 g/mol. The van der Waals surface area contributed by atoms with Crippen molar-refractivity contribution in [3.63, 3.8) is 0 Å². The second kappa shape index (κ2) is 3.91. The van der Waals surface area contributed by atoms with Crippen LogP contribution in [0.15, 0.2) is 4.79 Å². The van der Waals surface area contributed by atoms with Crippen LogP contribution in [0.3, 0.4) is 0 Å². The largest absolute Gasteiger partial charge is 0.294 e. The standard InChI is InChI=1S/C12H13FN2OS/c1-7-14-11-10(12(16)15(7)6-5-13)8-3-2-4-9(8)17-11/h2-6H2,1H3. The lowest BCUT2D eigenvalue weighted by Crippen LogP contribution is -2.24. The van der Waals surface area contributed by atoms with Crippen LogP contribution in [0, 0.1) is 6.92 Å². The molecule has 3 rings (SSSR count). The highest BCUT2D eigenvalue weighted by atomic mass is 32.1.